The second-order valence-electron chi connectivity index (χ2n) is 8.84. The molecule has 2 fully saturated rings. The number of amides is 2. The molecule has 3 heterocycles. The second kappa shape index (κ2) is 9.54. The number of halogens is 3. The largest absolute Gasteiger partial charge is 0.379 e. The van der Waals surface area contributed by atoms with Gasteiger partial charge < -0.3 is 20.7 Å². The number of fused-ring (bicyclic) bond motifs is 2. The molecule has 0 aromatic heterocycles. The fraction of sp³-hybridized carbons (Fsp3) is 0.417. The van der Waals surface area contributed by atoms with Gasteiger partial charge in [-0.2, -0.15) is 0 Å². The van der Waals surface area contributed by atoms with E-state index < -0.39 is 23.2 Å². The van der Waals surface area contributed by atoms with Crippen molar-refractivity contribution < 1.29 is 18.7 Å². The molecule has 180 valence electrons. The van der Waals surface area contributed by atoms with E-state index in [0.29, 0.717) is 48.1 Å². The summed E-state index contributed by atoms with van der Waals surface area (Å²) in [6.45, 7) is 4.37. The number of morpholine rings is 1. The van der Waals surface area contributed by atoms with E-state index in [-0.39, 0.29) is 22.8 Å². The van der Waals surface area contributed by atoms with E-state index >= 15 is 4.39 Å². The number of benzene rings is 2. The first-order valence-electron chi connectivity index (χ1n) is 11.3. The molecule has 2 amide bonds. The maximum absolute atomic E-state index is 15.4. The Balaban J connectivity index is 1.47. The highest BCUT2D eigenvalue weighted by molar-refractivity contribution is 9.10. The molecule has 0 aliphatic carbocycles. The van der Waals surface area contributed by atoms with Gasteiger partial charge in [-0.1, -0.05) is 29.8 Å². The summed E-state index contributed by atoms with van der Waals surface area (Å²) >= 11 is 9.42. The summed E-state index contributed by atoms with van der Waals surface area (Å²) in [4.78, 5) is 29.1. The van der Waals surface area contributed by atoms with Gasteiger partial charge in [-0.25, -0.2) is 4.39 Å². The lowest BCUT2D eigenvalue weighted by molar-refractivity contribution is -0.123. The number of carbonyl (C=O) groups is 2. The zero-order chi connectivity index (χ0) is 23.9. The topological polar surface area (TPSA) is 82.7 Å². The molecule has 34 heavy (non-hydrogen) atoms. The van der Waals surface area contributed by atoms with Crippen LogP contribution in [0.3, 0.4) is 0 Å². The Morgan fingerprint density at radius 3 is 2.88 bits per heavy atom. The standard InChI is InChI=1S/C24H25BrClFN4O3/c25-17-3-1-2-15(20(17)27)19-21(22(32)28-6-7-31-8-10-34-11-9-31)29-13-24(19)16-5-4-14(26)12-18(16)30-23(24)33/h1-5,12,19,21,29H,6-11,13H2,(H,28,32)(H,30,33)/t19-,21+,24+/m0/s1. The van der Waals surface area contributed by atoms with Gasteiger partial charge >= 0.3 is 0 Å². The molecule has 2 saturated heterocycles. The summed E-state index contributed by atoms with van der Waals surface area (Å²) in [5.74, 6) is -1.76. The smallest absolute Gasteiger partial charge is 0.237 e. The second-order valence-corrected chi connectivity index (χ2v) is 10.1. The molecule has 3 aliphatic heterocycles. The zero-order valence-electron chi connectivity index (χ0n) is 18.4. The zero-order valence-corrected chi connectivity index (χ0v) is 20.7. The number of rotatable bonds is 5. The molecule has 3 N–H and O–H groups in total. The molecule has 2 aromatic rings. The Morgan fingerprint density at radius 2 is 2.09 bits per heavy atom. The summed E-state index contributed by atoms with van der Waals surface area (Å²) in [5, 5.41) is 9.62. The Bertz CT molecular complexity index is 1130. The van der Waals surface area contributed by atoms with E-state index in [9.17, 15) is 9.59 Å². The van der Waals surface area contributed by atoms with E-state index in [4.69, 9.17) is 16.3 Å². The first-order valence-corrected chi connectivity index (χ1v) is 12.5. The first kappa shape index (κ1) is 23.7. The molecule has 1 spiro atoms. The number of nitrogens with zero attached hydrogens (tertiary/aromatic N) is 1. The maximum Gasteiger partial charge on any atom is 0.237 e. The van der Waals surface area contributed by atoms with E-state index in [1.807, 2.05) is 0 Å². The van der Waals surface area contributed by atoms with Crippen LogP contribution < -0.4 is 16.0 Å². The summed E-state index contributed by atoms with van der Waals surface area (Å²) in [7, 11) is 0. The predicted octanol–water partition coefficient (Wildman–Crippen LogP) is 2.64. The van der Waals surface area contributed by atoms with Gasteiger partial charge in [0, 0.05) is 49.4 Å². The molecule has 10 heteroatoms. The number of hydrogen-bond acceptors (Lipinski definition) is 5. The third kappa shape index (κ3) is 4.03. The van der Waals surface area contributed by atoms with Crippen LogP contribution >= 0.6 is 27.5 Å². The SMILES string of the molecule is O=C(NCCN1CCOCC1)[C@@H]1NC[C@]2(C(=O)Nc3cc(Cl)ccc32)[C@H]1c1cccc(Br)c1F. The van der Waals surface area contributed by atoms with Crippen molar-refractivity contribution in [3.8, 4) is 0 Å². The fourth-order valence-electron chi connectivity index (χ4n) is 5.35. The molecule has 5 rings (SSSR count). The van der Waals surface area contributed by atoms with E-state index in [1.54, 1.807) is 36.4 Å². The van der Waals surface area contributed by atoms with E-state index in [1.165, 1.54) is 0 Å². The Hall–Kier alpha value is -2.04. The van der Waals surface area contributed by atoms with Crippen LogP contribution in [0.4, 0.5) is 10.1 Å². The molecule has 3 aliphatic rings. The third-order valence-corrected chi connectivity index (χ3v) is 7.86. The minimum Gasteiger partial charge on any atom is -0.379 e. The number of ether oxygens (including phenoxy) is 1. The van der Waals surface area contributed by atoms with E-state index in [0.717, 1.165) is 13.1 Å². The van der Waals surface area contributed by atoms with Crippen LogP contribution in [0.5, 0.6) is 0 Å². The Morgan fingerprint density at radius 1 is 1.29 bits per heavy atom. The van der Waals surface area contributed by atoms with Crippen molar-refractivity contribution >= 4 is 45.0 Å². The summed E-state index contributed by atoms with van der Waals surface area (Å²) in [5.41, 5.74) is 0.467. The van der Waals surface area contributed by atoms with Gasteiger partial charge in [0.2, 0.25) is 11.8 Å². The summed E-state index contributed by atoms with van der Waals surface area (Å²) in [6.07, 6.45) is 0. The van der Waals surface area contributed by atoms with Gasteiger partial charge in [0.25, 0.3) is 0 Å². The Kier molecular flexibility index (Phi) is 6.65. The van der Waals surface area contributed by atoms with Crippen LogP contribution in [0.1, 0.15) is 17.0 Å². The molecular weight excluding hydrogens is 527 g/mol. The van der Waals surface area contributed by atoms with Gasteiger partial charge in [0.1, 0.15) is 5.82 Å². The fourth-order valence-corrected chi connectivity index (χ4v) is 5.91. The predicted molar refractivity (Wildman–Crippen MR) is 131 cm³/mol. The van der Waals surface area contributed by atoms with Crippen LogP contribution in [0.2, 0.25) is 5.02 Å². The molecule has 0 saturated carbocycles. The quantitative estimate of drug-likeness (QED) is 0.532. The van der Waals surface area contributed by atoms with E-state index in [2.05, 4.69) is 36.8 Å². The molecule has 0 bridgehead atoms. The molecular formula is C24H25BrClFN4O3. The number of anilines is 1. The lowest BCUT2D eigenvalue weighted by Gasteiger charge is -2.32. The van der Waals surface area contributed by atoms with Gasteiger partial charge in [-0.3, -0.25) is 14.5 Å². The van der Waals surface area contributed by atoms with Gasteiger partial charge in [-0.05, 0) is 45.3 Å². The van der Waals surface area contributed by atoms with Crippen molar-refractivity contribution in [2.75, 3.05) is 51.3 Å². The lowest BCUT2D eigenvalue weighted by atomic mass is 9.68. The van der Waals surface area contributed by atoms with Crippen molar-refractivity contribution in [1.29, 1.82) is 0 Å². The van der Waals surface area contributed by atoms with Crippen LogP contribution in [0.25, 0.3) is 0 Å². The van der Waals surface area contributed by atoms with Crippen LogP contribution in [-0.2, 0) is 19.7 Å². The average molecular weight is 552 g/mol. The number of carbonyl (C=O) groups excluding carboxylic acids is 2. The lowest BCUT2D eigenvalue weighted by Crippen LogP contribution is -2.48. The normalized spacial score (nSPS) is 26.5. The summed E-state index contributed by atoms with van der Waals surface area (Å²) < 4.78 is 21.1. The van der Waals surface area contributed by atoms with Gasteiger partial charge in [0.15, 0.2) is 0 Å². The average Bonchev–Trinajstić information content (AvgIpc) is 3.35. The van der Waals surface area contributed by atoms with Crippen molar-refractivity contribution in [3.05, 3.63) is 62.8 Å². The molecule has 2 aromatic carbocycles. The van der Waals surface area contributed by atoms with Crippen LogP contribution in [0, 0.1) is 5.82 Å². The monoisotopic (exact) mass is 550 g/mol. The molecule has 3 atom stereocenters. The van der Waals surface area contributed by atoms with Crippen molar-refractivity contribution in [2.45, 2.75) is 17.4 Å². The minimum absolute atomic E-state index is 0.200. The number of nitrogens with one attached hydrogen (secondary N) is 3. The molecule has 0 radical (unpaired) electrons. The first-order chi connectivity index (χ1) is 16.4. The highest BCUT2D eigenvalue weighted by atomic mass is 79.9. The summed E-state index contributed by atoms with van der Waals surface area (Å²) in [6, 6.07) is 9.37. The number of hydrogen-bond donors (Lipinski definition) is 3. The molecule has 7 nitrogen and oxygen atoms in total. The molecule has 0 unspecified atom stereocenters. The van der Waals surface area contributed by atoms with Crippen LogP contribution in [-0.4, -0.2) is 68.7 Å². The highest BCUT2D eigenvalue weighted by Crippen LogP contribution is 2.52. The van der Waals surface area contributed by atoms with Crippen LogP contribution in [0.15, 0.2) is 40.9 Å². The minimum atomic E-state index is -1.15. The third-order valence-electron chi connectivity index (χ3n) is 7.01. The maximum atomic E-state index is 15.4. The van der Waals surface area contributed by atoms with Gasteiger partial charge in [-0.15, -0.1) is 0 Å². The van der Waals surface area contributed by atoms with Gasteiger partial charge in [0.05, 0.1) is 29.1 Å². The highest BCUT2D eigenvalue weighted by Gasteiger charge is 2.61. The van der Waals surface area contributed by atoms with Crippen molar-refractivity contribution in [3.63, 3.8) is 0 Å². The van der Waals surface area contributed by atoms with Crippen molar-refractivity contribution in [1.82, 2.24) is 15.5 Å². The van der Waals surface area contributed by atoms with Crippen molar-refractivity contribution in [2.24, 2.45) is 0 Å². The Labute approximate surface area is 210 Å².